The molecule has 1 aromatic heterocycles. The zero-order valence-electron chi connectivity index (χ0n) is 21.6. The van der Waals surface area contributed by atoms with E-state index >= 15 is 0 Å². The minimum atomic E-state index is -4.93. The highest BCUT2D eigenvalue weighted by Crippen LogP contribution is 2.44. The van der Waals surface area contributed by atoms with Gasteiger partial charge >= 0.3 is 12.5 Å². The lowest BCUT2D eigenvalue weighted by Crippen LogP contribution is -2.49. The number of benzene rings is 1. The second-order valence-corrected chi connectivity index (χ2v) is 12.0. The molecule has 2 heterocycles. The van der Waals surface area contributed by atoms with E-state index in [1.54, 1.807) is 18.2 Å². The van der Waals surface area contributed by atoms with Gasteiger partial charge in [0, 0.05) is 19.1 Å². The SMILES string of the molecule is CS(=O)(=O)CC(=O)Nc1c2c(nn1CCOC(F)(F)F)C[C@]1(CCc3cc(OCCCC(F)(F)F)ccc31)NC2=O. The van der Waals surface area contributed by atoms with Gasteiger partial charge in [-0.1, -0.05) is 6.07 Å². The number of ether oxygens (including phenoxy) is 2. The van der Waals surface area contributed by atoms with Crippen LogP contribution in [0.4, 0.5) is 32.2 Å². The number of hydrogen-bond donors (Lipinski definition) is 2. The van der Waals surface area contributed by atoms with E-state index < -0.39 is 65.1 Å². The van der Waals surface area contributed by atoms with Crippen LogP contribution in [-0.4, -0.2) is 67.8 Å². The zero-order chi connectivity index (χ0) is 30.2. The minimum Gasteiger partial charge on any atom is -0.494 e. The Morgan fingerprint density at radius 3 is 2.59 bits per heavy atom. The number of alkyl halides is 6. The Morgan fingerprint density at radius 1 is 1.20 bits per heavy atom. The maximum atomic E-state index is 13.4. The summed E-state index contributed by atoms with van der Waals surface area (Å²) in [6, 6.07) is 4.95. The number of aryl methyl sites for hydroxylation is 1. The lowest BCUT2D eigenvalue weighted by molar-refractivity contribution is -0.325. The smallest absolute Gasteiger partial charge is 0.494 e. The van der Waals surface area contributed by atoms with E-state index in [-0.39, 0.29) is 36.5 Å². The summed E-state index contributed by atoms with van der Waals surface area (Å²) in [6.45, 7) is -1.53. The largest absolute Gasteiger partial charge is 0.522 e. The number of sulfone groups is 1. The van der Waals surface area contributed by atoms with E-state index in [0.717, 1.165) is 22.1 Å². The molecule has 1 aliphatic heterocycles. The average Bonchev–Trinajstić information content (AvgIpc) is 3.32. The number of hydrogen-bond acceptors (Lipinski definition) is 7. The van der Waals surface area contributed by atoms with E-state index in [2.05, 4.69) is 20.5 Å². The molecule has 0 radical (unpaired) electrons. The Hall–Kier alpha value is -3.34. The third kappa shape index (κ3) is 7.69. The minimum absolute atomic E-state index is 0.106. The number of carbonyl (C=O) groups is 2. The van der Waals surface area contributed by atoms with Gasteiger partial charge in [-0.3, -0.25) is 14.3 Å². The van der Waals surface area contributed by atoms with Crippen molar-refractivity contribution in [3.63, 3.8) is 0 Å². The molecule has 226 valence electrons. The first-order valence-corrected chi connectivity index (χ1v) is 14.4. The Balaban J connectivity index is 1.57. The van der Waals surface area contributed by atoms with Gasteiger partial charge in [-0.15, -0.1) is 13.2 Å². The standard InChI is InChI=1S/C24H26F6N4O6S/c1-41(37,38)13-18(35)31-20-19-17(33-34(20)8-10-40-24(28,29)30)12-22(32-21(19)36)7-5-14-11-15(3-4-16(14)22)39-9-2-6-23(25,26)27/h3-4,11H,2,5-10,12-13H2,1H3,(H,31,35)(H,32,36)/t22-/m0/s1. The van der Waals surface area contributed by atoms with Crippen LogP contribution in [0.2, 0.25) is 0 Å². The quantitative estimate of drug-likeness (QED) is 0.312. The molecule has 2 aliphatic rings. The molecule has 41 heavy (non-hydrogen) atoms. The van der Waals surface area contributed by atoms with Crippen molar-refractivity contribution in [2.75, 3.05) is 30.5 Å². The van der Waals surface area contributed by atoms with Gasteiger partial charge in [0.1, 0.15) is 22.9 Å². The van der Waals surface area contributed by atoms with Crippen LogP contribution >= 0.6 is 0 Å². The molecule has 2 amide bonds. The molecule has 1 spiro atoms. The molecule has 10 nitrogen and oxygen atoms in total. The second-order valence-electron chi connectivity index (χ2n) is 9.91. The fourth-order valence-electron chi connectivity index (χ4n) is 5.02. The van der Waals surface area contributed by atoms with Crippen molar-refractivity contribution in [1.82, 2.24) is 15.1 Å². The summed E-state index contributed by atoms with van der Waals surface area (Å²) in [5.74, 6) is -2.49. The van der Waals surface area contributed by atoms with Crippen LogP contribution in [0.3, 0.4) is 0 Å². The first kappa shape index (κ1) is 30.6. The summed E-state index contributed by atoms with van der Waals surface area (Å²) >= 11 is 0. The number of aromatic nitrogens is 2. The van der Waals surface area contributed by atoms with Gasteiger partial charge in [0.25, 0.3) is 5.91 Å². The van der Waals surface area contributed by atoms with Gasteiger partial charge in [0.2, 0.25) is 5.91 Å². The Kier molecular flexibility index (Phi) is 8.33. The lowest BCUT2D eigenvalue weighted by atomic mass is 9.82. The van der Waals surface area contributed by atoms with Crippen molar-refractivity contribution in [3.8, 4) is 5.75 Å². The molecule has 2 aromatic rings. The highest BCUT2D eigenvalue weighted by molar-refractivity contribution is 7.91. The van der Waals surface area contributed by atoms with E-state index in [9.17, 15) is 44.3 Å². The van der Waals surface area contributed by atoms with Gasteiger partial charge in [-0.25, -0.2) is 13.1 Å². The third-order valence-corrected chi connectivity index (χ3v) is 7.37. The molecule has 0 bridgehead atoms. The van der Waals surface area contributed by atoms with Crippen LogP contribution in [0.1, 0.15) is 46.4 Å². The second kappa shape index (κ2) is 11.2. The van der Waals surface area contributed by atoms with Crippen LogP contribution in [0.15, 0.2) is 18.2 Å². The predicted molar refractivity (Wildman–Crippen MR) is 131 cm³/mol. The Labute approximate surface area is 230 Å². The molecule has 1 aliphatic carbocycles. The van der Waals surface area contributed by atoms with Crippen LogP contribution in [0, 0.1) is 0 Å². The number of fused-ring (bicyclic) bond motifs is 3. The van der Waals surface area contributed by atoms with Crippen LogP contribution in [0.25, 0.3) is 0 Å². The van der Waals surface area contributed by atoms with E-state index in [4.69, 9.17) is 4.74 Å². The number of nitrogens with zero attached hydrogens (tertiary/aromatic N) is 2. The van der Waals surface area contributed by atoms with E-state index in [1.807, 2.05) is 0 Å². The van der Waals surface area contributed by atoms with E-state index in [0.29, 0.717) is 18.6 Å². The first-order valence-electron chi connectivity index (χ1n) is 12.4. The van der Waals surface area contributed by atoms with Crippen molar-refractivity contribution < 1.29 is 53.8 Å². The molecular formula is C24H26F6N4O6S. The van der Waals surface area contributed by atoms with Gasteiger partial charge in [0.15, 0.2) is 9.84 Å². The van der Waals surface area contributed by atoms with Gasteiger partial charge < -0.3 is 15.4 Å². The maximum absolute atomic E-state index is 13.4. The summed E-state index contributed by atoms with van der Waals surface area (Å²) < 4.78 is 108. The van der Waals surface area contributed by atoms with Crippen LogP contribution in [0.5, 0.6) is 5.75 Å². The summed E-state index contributed by atoms with van der Waals surface area (Å²) in [4.78, 5) is 25.7. The van der Waals surface area contributed by atoms with Gasteiger partial charge in [0.05, 0.1) is 31.0 Å². The van der Waals surface area contributed by atoms with Crippen LogP contribution in [-0.2, 0) is 44.3 Å². The average molecular weight is 613 g/mol. The normalized spacial score (nSPS) is 18.7. The number of carbonyl (C=O) groups excluding carboxylic acids is 2. The predicted octanol–water partition coefficient (Wildman–Crippen LogP) is 3.25. The summed E-state index contributed by atoms with van der Waals surface area (Å²) in [6.07, 6.45) is -8.54. The molecular weight excluding hydrogens is 586 g/mol. The zero-order valence-corrected chi connectivity index (χ0v) is 22.4. The molecule has 2 N–H and O–H groups in total. The number of amides is 2. The van der Waals surface area contributed by atoms with E-state index in [1.165, 1.54) is 0 Å². The number of halogens is 6. The number of rotatable bonds is 10. The monoisotopic (exact) mass is 612 g/mol. The third-order valence-electron chi connectivity index (χ3n) is 6.58. The highest BCUT2D eigenvalue weighted by atomic mass is 32.2. The van der Waals surface area contributed by atoms with Crippen molar-refractivity contribution in [2.45, 2.75) is 56.7 Å². The van der Waals surface area contributed by atoms with Crippen molar-refractivity contribution in [1.29, 1.82) is 0 Å². The lowest BCUT2D eigenvalue weighted by Gasteiger charge is -2.35. The fourth-order valence-corrected chi connectivity index (χ4v) is 5.57. The molecule has 0 saturated heterocycles. The molecule has 0 unspecified atom stereocenters. The molecule has 1 aromatic carbocycles. The van der Waals surface area contributed by atoms with Crippen molar-refractivity contribution in [3.05, 3.63) is 40.6 Å². The number of nitrogens with one attached hydrogen (secondary N) is 2. The summed E-state index contributed by atoms with van der Waals surface area (Å²) in [7, 11) is -3.76. The highest BCUT2D eigenvalue weighted by Gasteiger charge is 2.46. The Bertz CT molecular complexity index is 1440. The summed E-state index contributed by atoms with van der Waals surface area (Å²) in [5.41, 5.74) is 0.640. The van der Waals surface area contributed by atoms with Crippen molar-refractivity contribution in [2.24, 2.45) is 0 Å². The van der Waals surface area contributed by atoms with Gasteiger partial charge in [-0.2, -0.15) is 18.3 Å². The topological polar surface area (TPSA) is 129 Å². The van der Waals surface area contributed by atoms with Gasteiger partial charge in [-0.05, 0) is 42.5 Å². The Morgan fingerprint density at radius 2 is 1.93 bits per heavy atom. The summed E-state index contributed by atoms with van der Waals surface area (Å²) in [5, 5.41) is 9.48. The fraction of sp³-hybridized carbons (Fsp3) is 0.542. The maximum Gasteiger partial charge on any atom is 0.522 e. The first-order chi connectivity index (χ1) is 18.9. The number of anilines is 1. The molecule has 4 rings (SSSR count). The molecule has 17 heteroatoms. The molecule has 0 fully saturated rings. The molecule has 0 saturated carbocycles. The van der Waals surface area contributed by atoms with Crippen LogP contribution < -0.4 is 15.4 Å². The van der Waals surface area contributed by atoms with Crippen molar-refractivity contribution >= 4 is 27.5 Å². The molecule has 1 atom stereocenters.